The molecule has 0 saturated heterocycles. The molecule has 30 heavy (non-hydrogen) atoms. The molecule has 1 aromatic rings. The van der Waals surface area contributed by atoms with Crippen molar-refractivity contribution in [1.29, 1.82) is 0 Å². The molecule has 1 aromatic carbocycles. The van der Waals surface area contributed by atoms with E-state index in [-0.39, 0.29) is 5.91 Å². The summed E-state index contributed by atoms with van der Waals surface area (Å²) in [5.74, 6) is 4.48. The Morgan fingerprint density at radius 2 is 1.40 bits per heavy atom. The Morgan fingerprint density at radius 3 is 1.87 bits per heavy atom. The smallest absolute Gasteiger partial charge is 0.251 e. The molecule has 5 rings (SSSR count). The fourth-order valence-corrected chi connectivity index (χ4v) is 6.66. The Balaban J connectivity index is 1.42. The van der Waals surface area contributed by atoms with Gasteiger partial charge in [-0.15, -0.1) is 0 Å². The van der Waals surface area contributed by atoms with Crippen molar-refractivity contribution < 1.29 is 19.0 Å². The highest BCUT2D eigenvalue weighted by Gasteiger charge is 2.50. The summed E-state index contributed by atoms with van der Waals surface area (Å²) < 4.78 is 17.2. The Morgan fingerprint density at radius 1 is 0.900 bits per heavy atom. The average molecular weight is 416 g/mol. The van der Waals surface area contributed by atoms with Gasteiger partial charge >= 0.3 is 0 Å². The third kappa shape index (κ3) is 4.40. The van der Waals surface area contributed by atoms with Crippen LogP contribution in [0.3, 0.4) is 0 Å². The number of carbonyl (C=O) groups is 1. The molecule has 4 aliphatic carbocycles. The van der Waals surface area contributed by atoms with Crippen LogP contribution in [0.2, 0.25) is 0 Å². The molecule has 4 aliphatic rings. The van der Waals surface area contributed by atoms with E-state index in [4.69, 9.17) is 14.2 Å². The number of carbonyl (C=O) groups excluding carboxylic acids is 1. The van der Waals surface area contributed by atoms with E-state index >= 15 is 0 Å². The van der Waals surface area contributed by atoms with Crippen LogP contribution >= 0.6 is 0 Å². The lowest BCUT2D eigenvalue weighted by Crippen LogP contribution is -2.47. The van der Waals surface area contributed by atoms with Gasteiger partial charge in [0.15, 0.2) is 11.5 Å². The van der Waals surface area contributed by atoms with Crippen LogP contribution in [0.15, 0.2) is 12.1 Å². The van der Waals surface area contributed by atoms with Gasteiger partial charge in [-0.25, -0.2) is 0 Å². The molecule has 0 heterocycles. The van der Waals surface area contributed by atoms with E-state index in [9.17, 15) is 4.79 Å². The first-order chi connectivity index (χ1) is 14.6. The number of hydrogen-bond donors (Lipinski definition) is 1. The molecule has 0 radical (unpaired) electrons. The molecule has 1 amide bonds. The van der Waals surface area contributed by atoms with Crippen molar-refractivity contribution in [3.8, 4) is 17.2 Å². The lowest BCUT2D eigenvalue weighted by atomic mass is 9.49. The van der Waals surface area contributed by atoms with Crippen molar-refractivity contribution in [2.45, 2.75) is 65.7 Å². The monoisotopic (exact) mass is 415 g/mol. The number of nitrogens with one attached hydrogen (secondary N) is 1. The van der Waals surface area contributed by atoms with Gasteiger partial charge in [0, 0.05) is 12.1 Å². The molecule has 0 aromatic heterocycles. The summed E-state index contributed by atoms with van der Waals surface area (Å²) in [6.07, 6.45) is 9.60. The van der Waals surface area contributed by atoms with Crippen LogP contribution in [0.25, 0.3) is 0 Å². The van der Waals surface area contributed by atoms with Gasteiger partial charge < -0.3 is 19.5 Å². The van der Waals surface area contributed by atoms with Gasteiger partial charge in [-0.1, -0.05) is 0 Å². The van der Waals surface area contributed by atoms with Crippen molar-refractivity contribution in [3.63, 3.8) is 0 Å². The third-order valence-corrected chi connectivity index (χ3v) is 7.28. The predicted molar refractivity (Wildman–Crippen MR) is 118 cm³/mol. The van der Waals surface area contributed by atoms with Gasteiger partial charge in [-0.05, 0) is 101 Å². The molecule has 4 bridgehead atoms. The molecule has 0 aliphatic heterocycles. The molecule has 5 heteroatoms. The minimum absolute atomic E-state index is 0.0651. The fraction of sp³-hybridized carbons (Fsp3) is 0.720. The Kier molecular flexibility index (Phi) is 6.45. The molecule has 0 unspecified atom stereocenters. The van der Waals surface area contributed by atoms with Crippen LogP contribution in [0.5, 0.6) is 17.2 Å². The van der Waals surface area contributed by atoms with Crippen molar-refractivity contribution in [2.24, 2.45) is 23.2 Å². The molecule has 5 nitrogen and oxygen atoms in total. The summed E-state index contributed by atoms with van der Waals surface area (Å²) in [6.45, 7) is 8.04. The van der Waals surface area contributed by atoms with E-state index in [0.29, 0.717) is 48.0 Å². The standard InChI is InChI=1S/C25H37NO4/c1-4-28-21-12-20(13-22(29-5-2)23(21)30-6-3)24(27)26-8-7-25-14-17-9-18(15-25)11-19(10-17)16-25/h12-13,17-19H,4-11,14-16H2,1-3H3,(H,26,27). The summed E-state index contributed by atoms with van der Waals surface area (Å²) in [5.41, 5.74) is 1.05. The number of benzene rings is 1. The van der Waals surface area contributed by atoms with E-state index < -0.39 is 0 Å². The lowest BCUT2D eigenvalue weighted by Gasteiger charge is -2.57. The topological polar surface area (TPSA) is 56.8 Å². The second kappa shape index (κ2) is 9.07. The number of hydrogen-bond acceptors (Lipinski definition) is 4. The van der Waals surface area contributed by atoms with Crippen LogP contribution in [-0.4, -0.2) is 32.3 Å². The zero-order valence-corrected chi connectivity index (χ0v) is 18.8. The van der Waals surface area contributed by atoms with E-state index in [1.54, 1.807) is 12.1 Å². The van der Waals surface area contributed by atoms with Gasteiger partial charge in [0.05, 0.1) is 19.8 Å². The molecule has 0 atom stereocenters. The SMILES string of the molecule is CCOc1cc(C(=O)NCCC23CC4CC(CC(C4)C2)C3)cc(OCC)c1OCC. The molecule has 166 valence electrons. The summed E-state index contributed by atoms with van der Waals surface area (Å²) in [6, 6.07) is 3.55. The summed E-state index contributed by atoms with van der Waals surface area (Å²) >= 11 is 0. The van der Waals surface area contributed by atoms with Crippen LogP contribution in [-0.2, 0) is 0 Å². The van der Waals surface area contributed by atoms with E-state index in [0.717, 1.165) is 30.7 Å². The minimum atomic E-state index is -0.0651. The Labute approximate surface area is 180 Å². The van der Waals surface area contributed by atoms with E-state index in [1.807, 2.05) is 20.8 Å². The van der Waals surface area contributed by atoms with Gasteiger partial charge in [0.1, 0.15) is 0 Å². The van der Waals surface area contributed by atoms with Crippen LogP contribution in [0.4, 0.5) is 0 Å². The zero-order chi connectivity index (χ0) is 21.1. The summed E-state index contributed by atoms with van der Waals surface area (Å²) in [4.78, 5) is 12.9. The number of amides is 1. The second-order valence-corrected chi connectivity index (χ2v) is 9.52. The zero-order valence-electron chi connectivity index (χ0n) is 18.8. The molecule has 0 spiro atoms. The van der Waals surface area contributed by atoms with Gasteiger partial charge in [0.25, 0.3) is 5.91 Å². The normalized spacial score (nSPS) is 29.0. The first kappa shape index (κ1) is 21.3. The summed E-state index contributed by atoms with van der Waals surface area (Å²) in [7, 11) is 0. The van der Waals surface area contributed by atoms with Gasteiger partial charge in [-0.3, -0.25) is 4.79 Å². The Bertz CT molecular complexity index is 697. The maximum absolute atomic E-state index is 12.9. The minimum Gasteiger partial charge on any atom is -0.490 e. The first-order valence-corrected chi connectivity index (χ1v) is 11.9. The van der Waals surface area contributed by atoms with Crippen LogP contribution < -0.4 is 19.5 Å². The van der Waals surface area contributed by atoms with Crippen molar-refractivity contribution in [2.75, 3.05) is 26.4 Å². The largest absolute Gasteiger partial charge is 0.490 e. The Hall–Kier alpha value is -1.91. The highest BCUT2D eigenvalue weighted by atomic mass is 16.5. The molecule has 4 saturated carbocycles. The maximum atomic E-state index is 12.9. The third-order valence-electron chi connectivity index (χ3n) is 7.28. The number of ether oxygens (including phenoxy) is 3. The lowest BCUT2D eigenvalue weighted by molar-refractivity contribution is -0.0564. The molecular formula is C25H37NO4. The van der Waals surface area contributed by atoms with Crippen molar-refractivity contribution >= 4 is 5.91 Å². The highest BCUT2D eigenvalue weighted by Crippen LogP contribution is 2.61. The van der Waals surface area contributed by atoms with E-state index in [2.05, 4.69) is 5.32 Å². The van der Waals surface area contributed by atoms with Crippen LogP contribution in [0, 0.1) is 23.2 Å². The fourth-order valence-electron chi connectivity index (χ4n) is 6.66. The quantitative estimate of drug-likeness (QED) is 0.569. The molecular weight excluding hydrogens is 378 g/mol. The van der Waals surface area contributed by atoms with E-state index in [1.165, 1.54) is 38.5 Å². The second-order valence-electron chi connectivity index (χ2n) is 9.52. The maximum Gasteiger partial charge on any atom is 0.251 e. The highest BCUT2D eigenvalue weighted by molar-refractivity contribution is 5.95. The molecule has 1 N–H and O–H groups in total. The van der Waals surface area contributed by atoms with Crippen LogP contribution in [0.1, 0.15) is 76.1 Å². The molecule has 4 fully saturated rings. The number of rotatable bonds is 10. The van der Waals surface area contributed by atoms with Gasteiger partial charge in [0.2, 0.25) is 5.75 Å². The van der Waals surface area contributed by atoms with Crippen molar-refractivity contribution in [1.82, 2.24) is 5.32 Å². The summed E-state index contributed by atoms with van der Waals surface area (Å²) in [5, 5.41) is 3.17. The average Bonchev–Trinajstić information content (AvgIpc) is 2.69. The van der Waals surface area contributed by atoms with Crippen molar-refractivity contribution in [3.05, 3.63) is 17.7 Å². The predicted octanol–water partition coefficient (Wildman–Crippen LogP) is 5.22. The van der Waals surface area contributed by atoms with Gasteiger partial charge in [-0.2, -0.15) is 0 Å². The first-order valence-electron chi connectivity index (χ1n) is 11.9.